The molecule has 0 unspecified atom stereocenters. The summed E-state index contributed by atoms with van der Waals surface area (Å²) in [6.07, 6.45) is 2.00. The van der Waals surface area contributed by atoms with Crippen LogP contribution in [0, 0.1) is 11.6 Å². The molecule has 0 bridgehead atoms. The van der Waals surface area contributed by atoms with Crippen LogP contribution in [0.1, 0.15) is 43.4 Å². The Labute approximate surface area is 224 Å². The molecular formula is C29H40F2N4O3. The lowest BCUT2D eigenvalue weighted by Gasteiger charge is -2.34. The molecule has 1 saturated heterocycles. The van der Waals surface area contributed by atoms with E-state index in [4.69, 9.17) is 0 Å². The van der Waals surface area contributed by atoms with Gasteiger partial charge in [0, 0.05) is 32.2 Å². The van der Waals surface area contributed by atoms with Crippen molar-refractivity contribution in [2.75, 3.05) is 39.3 Å². The Morgan fingerprint density at radius 2 is 1.79 bits per heavy atom. The van der Waals surface area contributed by atoms with Crippen molar-refractivity contribution in [1.29, 1.82) is 0 Å². The third-order valence-corrected chi connectivity index (χ3v) is 6.83. The Kier molecular flexibility index (Phi) is 11.6. The maximum Gasteiger partial charge on any atom is 0.239 e. The zero-order valence-electron chi connectivity index (χ0n) is 22.4. The van der Waals surface area contributed by atoms with Gasteiger partial charge in [0.05, 0.1) is 25.2 Å². The number of nitrogens with one attached hydrogen (secondary N) is 2. The van der Waals surface area contributed by atoms with Gasteiger partial charge in [-0.2, -0.15) is 0 Å². The van der Waals surface area contributed by atoms with Crippen LogP contribution in [-0.2, 0) is 29.0 Å². The number of halogens is 2. The molecule has 7 nitrogen and oxygen atoms in total. The lowest BCUT2D eigenvalue weighted by Crippen LogP contribution is -2.55. The van der Waals surface area contributed by atoms with E-state index in [1.807, 2.05) is 12.1 Å². The van der Waals surface area contributed by atoms with Gasteiger partial charge in [0.15, 0.2) is 0 Å². The lowest BCUT2D eigenvalue weighted by molar-refractivity contribution is -0.140. The molecule has 1 aliphatic rings. The molecule has 0 saturated carbocycles. The summed E-state index contributed by atoms with van der Waals surface area (Å²) in [5.74, 6) is -1.97. The lowest BCUT2D eigenvalue weighted by atomic mass is 10.0. The first-order valence-corrected chi connectivity index (χ1v) is 13.5. The first kappa shape index (κ1) is 29.7. The van der Waals surface area contributed by atoms with Gasteiger partial charge in [-0.15, -0.1) is 0 Å². The second-order valence-corrected chi connectivity index (χ2v) is 9.97. The molecule has 3 rings (SSSR count). The minimum Gasteiger partial charge on any atom is -0.390 e. The maximum absolute atomic E-state index is 13.8. The van der Waals surface area contributed by atoms with Gasteiger partial charge in [-0.1, -0.05) is 44.5 Å². The standard InChI is InChI=1S/C29H40F2N4O3/c1-3-5-9-34-10-11-35(29(38)20-34)19-28(37)33-26(15-23-13-24(30)16-25(31)14-23)27(36)18-32-17-22-8-6-7-21(4-2)12-22/h6-8,12-14,16,26-27,32,36H,3-5,9-11,15,17-20H2,1-2H3,(H,33,37)/t26-,27+/m0/s1. The van der Waals surface area contributed by atoms with Crippen LogP contribution in [0.3, 0.4) is 0 Å². The van der Waals surface area contributed by atoms with Crippen LogP contribution in [0.25, 0.3) is 0 Å². The molecule has 2 aromatic rings. The van der Waals surface area contributed by atoms with Gasteiger partial charge in [0.1, 0.15) is 11.6 Å². The van der Waals surface area contributed by atoms with Gasteiger partial charge in [0.2, 0.25) is 11.8 Å². The quantitative estimate of drug-likeness (QED) is 0.350. The van der Waals surface area contributed by atoms with E-state index >= 15 is 0 Å². The molecule has 2 amide bonds. The predicted octanol–water partition coefficient (Wildman–Crippen LogP) is 2.65. The molecule has 1 heterocycles. The number of hydrogen-bond acceptors (Lipinski definition) is 5. The number of aryl methyl sites for hydroxylation is 1. The molecule has 9 heteroatoms. The van der Waals surface area contributed by atoms with Crippen LogP contribution in [0.2, 0.25) is 0 Å². The Morgan fingerprint density at radius 1 is 1.05 bits per heavy atom. The fourth-order valence-corrected chi connectivity index (χ4v) is 4.65. The van der Waals surface area contributed by atoms with E-state index in [1.165, 1.54) is 22.6 Å². The normalized spacial score (nSPS) is 15.9. The van der Waals surface area contributed by atoms with Crippen molar-refractivity contribution in [3.8, 4) is 0 Å². The third-order valence-electron chi connectivity index (χ3n) is 6.83. The molecule has 2 atom stereocenters. The van der Waals surface area contributed by atoms with Gasteiger partial charge < -0.3 is 20.6 Å². The van der Waals surface area contributed by atoms with E-state index in [0.717, 1.165) is 37.4 Å². The van der Waals surface area contributed by atoms with Crippen molar-refractivity contribution in [3.63, 3.8) is 0 Å². The number of hydrogen-bond donors (Lipinski definition) is 3. The number of carbonyl (C=O) groups excluding carboxylic acids is 2. The van der Waals surface area contributed by atoms with Crippen LogP contribution in [-0.4, -0.2) is 78.1 Å². The molecule has 208 valence electrons. The largest absolute Gasteiger partial charge is 0.390 e. The number of piperazine rings is 1. The Balaban J connectivity index is 1.61. The number of amides is 2. The van der Waals surface area contributed by atoms with Gasteiger partial charge in [-0.25, -0.2) is 8.78 Å². The van der Waals surface area contributed by atoms with Crippen molar-refractivity contribution in [2.45, 2.75) is 58.2 Å². The summed E-state index contributed by atoms with van der Waals surface area (Å²) in [5.41, 5.74) is 2.60. The van der Waals surface area contributed by atoms with Crippen LogP contribution >= 0.6 is 0 Å². The first-order chi connectivity index (χ1) is 18.3. The Morgan fingerprint density at radius 3 is 2.47 bits per heavy atom. The van der Waals surface area contributed by atoms with Gasteiger partial charge in [0.25, 0.3) is 0 Å². The number of nitrogens with zero attached hydrogens (tertiary/aromatic N) is 2. The Hall–Kier alpha value is -2.88. The predicted molar refractivity (Wildman–Crippen MR) is 143 cm³/mol. The highest BCUT2D eigenvalue weighted by Gasteiger charge is 2.27. The first-order valence-electron chi connectivity index (χ1n) is 13.5. The number of carbonyl (C=O) groups is 2. The van der Waals surface area contributed by atoms with Crippen molar-refractivity contribution in [3.05, 3.63) is 70.8 Å². The zero-order valence-corrected chi connectivity index (χ0v) is 22.4. The minimum atomic E-state index is -1.03. The van der Waals surface area contributed by atoms with E-state index in [1.54, 1.807) is 0 Å². The summed E-state index contributed by atoms with van der Waals surface area (Å²) < 4.78 is 27.6. The van der Waals surface area contributed by atoms with Crippen molar-refractivity contribution in [2.24, 2.45) is 0 Å². The summed E-state index contributed by atoms with van der Waals surface area (Å²) >= 11 is 0. The van der Waals surface area contributed by atoms with Crippen LogP contribution < -0.4 is 10.6 Å². The van der Waals surface area contributed by atoms with E-state index in [0.29, 0.717) is 25.2 Å². The van der Waals surface area contributed by atoms with Crippen molar-refractivity contribution < 1.29 is 23.5 Å². The average molecular weight is 531 g/mol. The van der Waals surface area contributed by atoms with Gasteiger partial charge >= 0.3 is 0 Å². The maximum atomic E-state index is 13.8. The summed E-state index contributed by atoms with van der Waals surface area (Å²) in [5, 5.41) is 17.0. The van der Waals surface area contributed by atoms with Crippen LogP contribution in [0.5, 0.6) is 0 Å². The van der Waals surface area contributed by atoms with E-state index in [-0.39, 0.29) is 32.0 Å². The number of benzene rings is 2. The van der Waals surface area contributed by atoms with Crippen LogP contribution in [0.15, 0.2) is 42.5 Å². The van der Waals surface area contributed by atoms with Crippen molar-refractivity contribution in [1.82, 2.24) is 20.4 Å². The molecule has 0 aliphatic carbocycles. The second-order valence-electron chi connectivity index (χ2n) is 9.97. The molecule has 2 aromatic carbocycles. The van der Waals surface area contributed by atoms with Crippen LogP contribution in [0.4, 0.5) is 8.78 Å². The molecule has 1 fully saturated rings. The molecule has 0 radical (unpaired) electrons. The Bertz CT molecular complexity index is 1050. The highest BCUT2D eigenvalue weighted by molar-refractivity contribution is 5.86. The zero-order chi connectivity index (χ0) is 27.5. The second kappa shape index (κ2) is 14.9. The summed E-state index contributed by atoms with van der Waals surface area (Å²) in [6, 6.07) is 10.5. The molecule has 0 aromatic heterocycles. The topological polar surface area (TPSA) is 84.9 Å². The van der Waals surface area contributed by atoms with Gasteiger partial charge in [-0.05, 0) is 54.6 Å². The summed E-state index contributed by atoms with van der Waals surface area (Å²) in [6.45, 7) is 7.04. The smallest absolute Gasteiger partial charge is 0.239 e. The third kappa shape index (κ3) is 9.45. The molecular weight excluding hydrogens is 490 g/mol. The average Bonchev–Trinajstić information content (AvgIpc) is 2.88. The van der Waals surface area contributed by atoms with E-state index < -0.39 is 29.7 Å². The summed E-state index contributed by atoms with van der Waals surface area (Å²) in [7, 11) is 0. The fourth-order valence-electron chi connectivity index (χ4n) is 4.65. The number of unbranched alkanes of at least 4 members (excludes halogenated alkanes) is 1. The number of aliphatic hydroxyl groups excluding tert-OH is 1. The molecule has 1 aliphatic heterocycles. The summed E-state index contributed by atoms with van der Waals surface area (Å²) in [4.78, 5) is 29.1. The molecule has 3 N–H and O–H groups in total. The highest BCUT2D eigenvalue weighted by Crippen LogP contribution is 2.13. The monoisotopic (exact) mass is 530 g/mol. The van der Waals surface area contributed by atoms with E-state index in [2.05, 4.69) is 41.5 Å². The fraction of sp³-hybridized carbons (Fsp3) is 0.517. The highest BCUT2D eigenvalue weighted by atomic mass is 19.1. The van der Waals surface area contributed by atoms with E-state index in [9.17, 15) is 23.5 Å². The number of aliphatic hydroxyl groups is 1. The van der Waals surface area contributed by atoms with Gasteiger partial charge in [-0.3, -0.25) is 14.5 Å². The molecule has 0 spiro atoms. The van der Waals surface area contributed by atoms with Crippen molar-refractivity contribution >= 4 is 11.8 Å². The minimum absolute atomic E-state index is 0.0350. The molecule has 38 heavy (non-hydrogen) atoms. The SMILES string of the molecule is CCCCN1CCN(CC(=O)N[C@@H](Cc2cc(F)cc(F)c2)[C@H](O)CNCc2cccc(CC)c2)C(=O)C1. The number of rotatable bonds is 14.